The van der Waals surface area contributed by atoms with Gasteiger partial charge in [-0.3, -0.25) is 4.79 Å². The van der Waals surface area contributed by atoms with Crippen LogP contribution in [-0.2, 0) is 14.9 Å². The lowest BCUT2D eigenvalue weighted by Gasteiger charge is -2.41. The molecule has 2 saturated carbocycles. The molecule has 0 bridgehead atoms. The molecule has 2 fully saturated rings. The van der Waals surface area contributed by atoms with E-state index >= 15 is 0 Å². The Hall–Kier alpha value is -1.31. The van der Waals surface area contributed by atoms with E-state index in [0.717, 1.165) is 37.7 Å². The molecule has 1 aromatic rings. The standard InChI is InChI=1S/C17H22O2/c18-16(19-15-10-5-2-6-11-15)17(12-7-13-17)14-8-3-1-4-9-14/h1,3-4,8-9,15H,2,5-7,10-13H2. The maximum Gasteiger partial charge on any atom is 0.316 e. The third-order valence-electron chi connectivity index (χ3n) is 4.75. The molecule has 0 heterocycles. The highest BCUT2D eigenvalue weighted by Crippen LogP contribution is 2.45. The number of rotatable bonds is 3. The zero-order chi connectivity index (χ0) is 13.1. The second-order valence-electron chi connectivity index (χ2n) is 5.97. The predicted octanol–water partition coefficient (Wildman–Crippen LogP) is 3.98. The monoisotopic (exact) mass is 258 g/mol. The molecule has 0 unspecified atom stereocenters. The van der Waals surface area contributed by atoms with E-state index < -0.39 is 0 Å². The van der Waals surface area contributed by atoms with Crippen molar-refractivity contribution < 1.29 is 9.53 Å². The Morgan fingerprint density at radius 1 is 1.00 bits per heavy atom. The van der Waals surface area contributed by atoms with Gasteiger partial charge in [-0.05, 0) is 44.1 Å². The van der Waals surface area contributed by atoms with Crippen molar-refractivity contribution in [2.24, 2.45) is 0 Å². The van der Waals surface area contributed by atoms with Crippen LogP contribution in [0.5, 0.6) is 0 Å². The van der Waals surface area contributed by atoms with Gasteiger partial charge in [0.2, 0.25) is 0 Å². The highest BCUT2D eigenvalue weighted by molar-refractivity contribution is 5.84. The fraction of sp³-hybridized carbons (Fsp3) is 0.588. The first kappa shape index (κ1) is 12.7. The summed E-state index contributed by atoms with van der Waals surface area (Å²) in [6.07, 6.45) is 9.00. The third kappa shape index (κ3) is 2.41. The number of ether oxygens (including phenoxy) is 1. The van der Waals surface area contributed by atoms with Crippen molar-refractivity contribution in [3.8, 4) is 0 Å². The second-order valence-corrected chi connectivity index (χ2v) is 5.97. The van der Waals surface area contributed by atoms with Crippen molar-refractivity contribution in [3.05, 3.63) is 35.9 Å². The minimum absolute atomic E-state index is 0.0249. The topological polar surface area (TPSA) is 26.3 Å². The highest BCUT2D eigenvalue weighted by atomic mass is 16.5. The Kier molecular flexibility index (Phi) is 3.58. The summed E-state index contributed by atoms with van der Waals surface area (Å²) in [5.74, 6) is 0.0249. The van der Waals surface area contributed by atoms with Gasteiger partial charge in [0, 0.05) is 0 Å². The van der Waals surface area contributed by atoms with Crippen molar-refractivity contribution in [2.45, 2.75) is 62.9 Å². The molecule has 0 aliphatic heterocycles. The van der Waals surface area contributed by atoms with E-state index in [0.29, 0.717) is 0 Å². The largest absolute Gasteiger partial charge is 0.462 e. The van der Waals surface area contributed by atoms with Gasteiger partial charge in [-0.25, -0.2) is 0 Å². The number of carbonyl (C=O) groups is 1. The molecular weight excluding hydrogens is 236 g/mol. The fourth-order valence-corrected chi connectivity index (χ4v) is 3.35. The van der Waals surface area contributed by atoms with Gasteiger partial charge in [0.05, 0.1) is 5.41 Å². The number of benzene rings is 1. The normalized spacial score (nSPS) is 22.5. The summed E-state index contributed by atoms with van der Waals surface area (Å²) in [5.41, 5.74) is 0.806. The minimum Gasteiger partial charge on any atom is -0.462 e. The van der Waals surface area contributed by atoms with Crippen molar-refractivity contribution in [2.75, 3.05) is 0 Å². The zero-order valence-corrected chi connectivity index (χ0v) is 11.4. The van der Waals surface area contributed by atoms with Gasteiger partial charge < -0.3 is 4.74 Å². The van der Waals surface area contributed by atoms with Crippen LogP contribution in [0.2, 0.25) is 0 Å². The lowest BCUT2D eigenvalue weighted by molar-refractivity contribution is -0.161. The molecule has 0 amide bonds. The third-order valence-corrected chi connectivity index (χ3v) is 4.75. The number of esters is 1. The summed E-state index contributed by atoms with van der Waals surface area (Å²) in [4.78, 5) is 12.6. The molecular formula is C17H22O2. The molecule has 2 nitrogen and oxygen atoms in total. The first-order valence-electron chi connectivity index (χ1n) is 7.58. The summed E-state index contributed by atoms with van der Waals surface area (Å²) < 4.78 is 5.81. The van der Waals surface area contributed by atoms with Gasteiger partial charge in [0.25, 0.3) is 0 Å². The predicted molar refractivity (Wildman–Crippen MR) is 74.9 cm³/mol. The van der Waals surface area contributed by atoms with Crippen LogP contribution < -0.4 is 0 Å². The quantitative estimate of drug-likeness (QED) is 0.766. The van der Waals surface area contributed by atoms with E-state index in [2.05, 4.69) is 12.1 Å². The van der Waals surface area contributed by atoms with Crippen LogP contribution in [0.25, 0.3) is 0 Å². The van der Waals surface area contributed by atoms with Crippen LogP contribution in [0.3, 0.4) is 0 Å². The molecule has 0 spiro atoms. The lowest BCUT2D eigenvalue weighted by atomic mass is 9.64. The van der Waals surface area contributed by atoms with Crippen LogP contribution in [0.15, 0.2) is 30.3 Å². The second kappa shape index (κ2) is 5.36. The molecule has 0 atom stereocenters. The molecule has 2 aliphatic carbocycles. The van der Waals surface area contributed by atoms with E-state index in [4.69, 9.17) is 4.74 Å². The molecule has 1 aromatic carbocycles. The van der Waals surface area contributed by atoms with Gasteiger partial charge in [-0.15, -0.1) is 0 Å². The average molecular weight is 258 g/mol. The number of carbonyl (C=O) groups excluding carboxylic acids is 1. The molecule has 0 radical (unpaired) electrons. The van der Waals surface area contributed by atoms with Crippen molar-refractivity contribution >= 4 is 5.97 Å². The van der Waals surface area contributed by atoms with E-state index in [1.54, 1.807) is 0 Å². The van der Waals surface area contributed by atoms with Crippen molar-refractivity contribution in [1.29, 1.82) is 0 Å². The van der Waals surface area contributed by atoms with E-state index in [1.165, 1.54) is 19.3 Å². The Balaban J connectivity index is 1.73. The van der Waals surface area contributed by atoms with Gasteiger partial charge in [-0.1, -0.05) is 43.2 Å². The minimum atomic E-state index is -0.335. The molecule has 0 aromatic heterocycles. The van der Waals surface area contributed by atoms with Crippen LogP contribution in [0, 0.1) is 0 Å². The SMILES string of the molecule is O=C(OC1CCCCC1)C1(c2ccccc2)CCC1. The Bertz CT molecular complexity index is 428. The molecule has 19 heavy (non-hydrogen) atoms. The summed E-state index contributed by atoms with van der Waals surface area (Å²) in [6, 6.07) is 10.2. The molecule has 3 rings (SSSR count). The first-order chi connectivity index (χ1) is 9.31. The Labute approximate surface area is 115 Å². The van der Waals surface area contributed by atoms with Gasteiger partial charge in [0.1, 0.15) is 6.10 Å². The van der Waals surface area contributed by atoms with Crippen molar-refractivity contribution in [3.63, 3.8) is 0 Å². The smallest absolute Gasteiger partial charge is 0.316 e. The Morgan fingerprint density at radius 3 is 2.26 bits per heavy atom. The molecule has 0 saturated heterocycles. The van der Waals surface area contributed by atoms with Crippen LogP contribution in [0.4, 0.5) is 0 Å². The maximum atomic E-state index is 12.6. The highest BCUT2D eigenvalue weighted by Gasteiger charge is 2.47. The van der Waals surface area contributed by atoms with E-state index in [9.17, 15) is 4.79 Å². The zero-order valence-electron chi connectivity index (χ0n) is 11.4. The summed E-state index contributed by atoms with van der Waals surface area (Å²) in [5, 5.41) is 0. The van der Waals surface area contributed by atoms with Crippen LogP contribution in [-0.4, -0.2) is 12.1 Å². The fourth-order valence-electron chi connectivity index (χ4n) is 3.35. The van der Waals surface area contributed by atoms with Crippen molar-refractivity contribution in [1.82, 2.24) is 0 Å². The summed E-state index contributed by atoms with van der Waals surface area (Å²) in [7, 11) is 0. The van der Waals surface area contributed by atoms with Gasteiger partial charge in [-0.2, -0.15) is 0 Å². The molecule has 2 aliphatic rings. The molecule has 102 valence electrons. The van der Waals surface area contributed by atoms with E-state index in [-0.39, 0.29) is 17.5 Å². The number of hydrogen-bond donors (Lipinski definition) is 0. The first-order valence-corrected chi connectivity index (χ1v) is 7.58. The van der Waals surface area contributed by atoms with Crippen LogP contribution >= 0.6 is 0 Å². The summed E-state index contributed by atoms with van der Waals surface area (Å²) in [6.45, 7) is 0. The van der Waals surface area contributed by atoms with E-state index in [1.807, 2.05) is 18.2 Å². The van der Waals surface area contributed by atoms with Crippen LogP contribution in [0.1, 0.15) is 56.9 Å². The number of hydrogen-bond acceptors (Lipinski definition) is 2. The summed E-state index contributed by atoms with van der Waals surface area (Å²) >= 11 is 0. The van der Waals surface area contributed by atoms with Gasteiger partial charge >= 0.3 is 5.97 Å². The lowest BCUT2D eigenvalue weighted by Crippen LogP contribution is -2.45. The van der Waals surface area contributed by atoms with Gasteiger partial charge in [0.15, 0.2) is 0 Å². The Morgan fingerprint density at radius 2 is 1.68 bits per heavy atom. The maximum absolute atomic E-state index is 12.6. The molecule has 0 N–H and O–H groups in total. The average Bonchev–Trinajstić information content (AvgIpc) is 2.40. The molecule has 2 heteroatoms.